The smallest absolute Gasteiger partial charge is 0.0584 e. The Morgan fingerprint density at radius 3 is 1.50 bits per heavy atom. The van der Waals surface area contributed by atoms with Crippen molar-refractivity contribution in [1.29, 1.82) is 0 Å². The molecule has 0 fully saturated rings. The lowest BCUT2D eigenvalue weighted by molar-refractivity contribution is 0.743. The zero-order valence-corrected chi connectivity index (χ0v) is 10.9. The highest BCUT2D eigenvalue weighted by Crippen LogP contribution is 2.08. The van der Waals surface area contributed by atoms with Gasteiger partial charge in [-0.25, -0.2) is 0 Å². The van der Waals surface area contributed by atoms with Crippen LogP contribution in [0.25, 0.3) is 0 Å². The normalized spacial score (nSPS) is 8.57. The minimum absolute atomic E-state index is 0.364. The second-order valence-corrected chi connectivity index (χ2v) is 2.58. The molecule has 14 heavy (non-hydrogen) atoms. The van der Waals surface area contributed by atoms with Crippen LogP contribution in [-0.4, -0.2) is 0 Å². The molecule has 0 aliphatic carbocycles. The average molecular weight is 198 g/mol. The zero-order chi connectivity index (χ0) is 12.1. The first kappa shape index (κ1) is 18.8. The van der Waals surface area contributed by atoms with Gasteiger partial charge in [-0.3, -0.25) is 0 Å². The van der Waals surface area contributed by atoms with Gasteiger partial charge in [0.1, 0.15) is 0 Å². The number of hydrogen-bond acceptors (Lipinski definition) is 2. The third-order valence-electron chi connectivity index (χ3n) is 1.02. The fraction of sp³-hybridized carbons (Fsp3) is 0.667. The first-order valence-electron chi connectivity index (χ1n) is 5.30. The predicted octanol–water partition coefficient (Wildman–Crippen LogP) is 5.19. The molecule has 0 saturated carbocycles. The van der Waals surface area contributed by atoms with Crippen molar-refractivity contribution in [1.82, 2.24) is 0 Å². The first-order chi connectivity index (χ1) is 6.54. The van der Waals surface area contributed by atoms with E-state index >= 15 is 0 Å². The Balaban J connectivity index is -0.000000266. The quantitative estimate of drug-likeness (QED) is 0.557. The summed E-state index contributed by atoms with van der Waals surface area (Å²) in [6.07, 6.45) is 0. The molecule has 0 atom stereocenters. The number of nitrogens with zero attached hydrogens (tertiary/aromatic N) is 2. The molecule has 2 nitrogen and oxygen atoms in total. The Hall–Kier alpha value is -0.920. The van der Waals surface area contributed by atoms with Gasteiger partial charge < -0.3 is 0 Å². The second kappa shape index (κ2) is 14.6. The highest BCUT2D eigenvalue weighted by Gasteiger charge is 1.95. The molecule has 0 aliphatic rings. The third kappa shape index (κ3) is 17.2. The van der Waals surface area contributed by atoms with Gasteiger partial charge in [-0.05, 0) is 12.8 Å². The summed E-state index contributed by atoms with van der Waals surface area (Å²) in [6.45, 7) is 21.2. The molecule has 0 heterocycles. The van der Waals surface area contributed by atoms with Gasteiger partial charge in [0.05, 0.1) is 11.4 Å². The lowest BCUT2D eigenvalue weighted by Gasteiger charge is -1.99. The average Bonchev–Trinajstić information content (AvgIpc) is 2.20. The van der Waals surface area contributed by atoms with Crippen molar-refractivity contribution in [3.63, 3.8) is 0 Å². The maximum absolute atomic E-state index is 3.85. The van der Waals surface area contributed by atoms with E-state index in [1.807, 2.05) is 41.5 Å². The molecule has 0 bridgehead atoms. The van der Waals surface area contributed by atoms with Crippen molar-refractivity contribution in [2.75, 3.05) is 0 Å². The van der Waals surface area contributed by atoms with E-state index in [1.54, 1.807) is 6.92 Å². The molecule has 2 heteroatoms. The number of rotatable bonds is 3. The van der Waals surface area contributed by atoms with E-state index < -0.39 is 0 Å². The Morgan fingerprint density at radius 1 is 0.929 bits per heavy atom. The van der Waals surface area contributed by atoms with Gasteiger partial charge in [-0.2, -0.15) is 10.2 Å². The molecule has 0 aromatic rings. The standard InChI is InChI=1S/C8H14N2.2C2H6/c1-6(2)8(5)10-9-7(3)4;2*1-2/h6H,3,5H2,1-2,4H3;2*1-2H3. The van der Waals surface area contributed by atoms with Crippen LogP contribution in [0.2, 0.25) is 0 Å². The van der Waals surface area contributed by atoms with Gasteiger partial charge in [0, 0.05) is 0 Å². The molecule has 0 radical (unpaired) electrons. The maximum Gasteiger partial charge on any atom is 0.0584 e. The molecule has 0 spiro atoms. The molecule has 0 amide bonds. The Morgan fingerprint density at radius 2 is 1.29 bits per heavy atom. The van der Waals surface area contributed by atoms with Gasteiger partial charge >= 0.3 is 0 Å². The number of hydrogen-bond donors (Lipinski definition) is 0. The Labute approximate surface area is 89.8 Å². The van der Waals surface area contributed by atoms with E-state index in [1.165, 1.54) is 0 Å². The van der Waals surface area contributed by atoms with E-state index in [0.29, 0.717) is 11.6 Å². The fourth-order valence-corrected chi connectivity index (χ4v) is 0.265. The van der Waals surface area contributed by atoms with E-state index in [9.17, 15) is 0 Å². The van der Waals surface area contributed by atoms with Crippen molar-refractivity contribution in [2.45, 2.75) is 48.5 Å². The van der Waals surface area contributed by atoms with Gasteiger partial charge in [0.25, 0.3) is 0 Å². The summed E-state index contributed by atoms with van der Waals surface area (Å²) >= 11 is 0. The largest absolute Gasteiger partial charge is 0.156 e. The first-order valence-corrected chi connectivity index (χ1v) is 5.30. The van der Waals surface area contributed by atoms with Crippen LogP contribution in [0.1, 0.15) is 48.5 Å². The number of azo groups is 1. The monoisotopic (exact) mass is 198 g/mol. The molecule has 0 aliphatic heterocycles. The highest BCUT2D eigenvalue weighted by molar-refractivity contribution is 4.95. The van der Waals surface area contributed by atoms with Gasteiger partial charge in [-0.15, -0.1) is 0 Å². The van der Waals surface area contributed by atoms with E-state index in [-0.39, 0.29) is 0 Å². The SMILES string of the molecule is C=C(C)N=NC(=C)C(C)C.CC.CC. The molecule has 0 aromatic carbocycles. The van der Waals surface area contributed by atoms with Crippen LogP contribution in [0.3, 0.4) is 0 Å². The molecular formula is C12H26N2. The molecule has 0 aromatic heterocycles. The van der Waals surface area contributed by atoms with Crippen LogP contribution in [0.4, 0.5) is 0 Å². The highest BCUT2D eigenvalue weighted by atomic mass is 15.1. The maximum atomic E-state index is 3.85. The summed E-state index contributed by atoms with van der Waals surface area (Å²) in [4.78, 5) is 0. The topological polar surface area (TPSA) is 24.7 Å². The second-order valence-electron chi connectivity index (χ2n) is 2.58. The van der Waals surface area contributed by atoms with Crippen molar-refractivity contribution in [3.05, 3.63) is 24.6 Å². The lowest BCUT2D eigenvalue weighted by Crippen LogP contribution is -1.86. The van der Waals surface area contributed by atoms with Crippen LogP contribution >= 0.6 is 0 Å². The summed E-state index contributed by atoms with van der Waals surface area (Å²) in [5.74, 6) is 0.364. The lowest BCUT2D eigenvalue weighted by atomic mass is 10.2. The summed E-state index contributed by atoms with van der Waals surface area (Å²) in [5, 5.41) is 7.63. The molecule has 0 unspecified atom stereocenters. The molecule has 0 N–H and O–H groups in total. The van der Waals surface area contributed by atoms with E-state index in [4.69, 9.17) is 0 Å². The summed E-state index contributed by atoms with van der Waals surface area (Å²) in [7, 11) is 0. The van der Waals surface area contributed by atoms with Crippen LogP contribution in [0.5, 0.6) is 0 Å². The molecular weight excluding hydrogens is 172 g/mol. The van der Waals surface area contributed by atoms with Crippen LogP contribution in [0, 0.1) is 5.92 Å². The summed E-state index contributed by atoms with van der Waals surface area (Å²) in [6, 6.07) is 0. The molecule has 0 rings (SSSR count). The fourth-order valence-electron chi connectivity index (χ4n) is 0.265. The van der Waals surface area contributed by atoms with Gasteiger partial charge in [-0.1, -0.05) is 54.7 Å². The predicted molar refractivity (Wildman–Crippen MR) is 66.3 cm³/mol. The van der Waals surface area contributed by atoms with Crippen LogP contribution in [-0.2, 0) is 0 Å². The van der Waals surface area contributed by atoms with Gasteiger partial charge in [0.2, 0.25) is 0 Å². The van der Waals surface area contributed by atoms with Crippen molar-refractivity contribution in [3.8, 4) is 0 Å². The minimum Gasteiger partial charge on any atom is -0.156 e. The zero-order valence-electron chi connectivity index (χ0n) is 10.9. The summed E-state index contributed by atoms with van der Waals surface area (Å²) < 4.78 is 0. The number of allylic oxidation sites excluding steroid dienone is 2. The van der Waals surface area contributed by atoms with E-state index in [2.05, 4.69) is 23.4 Å². The molecule has 0 saturated heterocycles. The van der Waals surface area contributed by atoms with Crippen LogP contribution in [0.15, 0.2) is 34.8 Å². The third-order valence-corrected chi connectivity index (χ3v) is 1.02. The van der Waals surface area contributed by atoms with Gasteiger partial charge in [0.15, 0.2) is 0 Å². The van der Waals surface area contributed by atoms with Crippen LogP contribution < -0.4 is 0 Å². The van der Waals surface area contributed by atoms with Crippen molar-refractivity contribution in [2.24, 2.45) is 16.1 Å². The Kier molecular flexibility index (Phi) is 19.6. The van der Waals surface area contributed by atoms with Crippen molar-refractivity contribution >= 4 is 0 Å². The Bertz CT molecular complexity index is 167. The van der Waals surface area contributed by atoms with Crippen molar-refractivity contribution < 1.29 is 0 Å². The minimum atomic E-state index is 0.364. The summed E-state index contributed by atoms with van der Waals surface area (Å²) in [5.41, 5.74) is 1.50. The van der Waals surface area contributed by atoms with E-state index in [0.717, 1.165) is 5.70 Å². The molecule has 84 valence electrons.